The fraction of sp³-hybridized carbons (Fsp3) is 0.571. The molecule has 1 fully saturated rings. The zero-order chi connectivity index (χ0) is 21.6. The topological polar surface area (TPSA) is 122 Å². The molecule has 5 N–H and O–H groups in total. The maximum Gasteiger partial charge on any atom is 0.252 e. The van der Waals surface area contributed by atoms with Crippen LogP contribution in [0.5, 0.6) is 0 Å². The van der Waals surface area contributed by atoms with E-state index in [1.54, 1.807) is 16.8 Å². The van der Waals surface area contributed by atoms with E-state index < -0.39 is 16.9 Å². The number of primary amides is 1. The molecule has 1 saturated carbocycles. The molecule has 8 nitrogen and oxygen atoms in total. The van der Waals surface area contributed by atoms with Crippen LogP contribution in [0.2, 0.25) is 0 Å². The van der Waals surface area contributed by atoms with Crippen LogP contribution in [0.25, 0.3) is 5.52 Å². The predicted octanol–water partition coefficient (Wildman–Crippen LogP) is 2.77. The molecule has 2 heterocycles. The van der Waals surface area contributed by atoms with Gasteiger partial charge in [-0.1, -0.05) is 27.7 Å². The largest absolute Gasteiger partial charge is 0.390 e. The molecular weight excluding hydrogens is 370 g/mol. The minimum atomic E-state index is -0.821. The lowest BCUT2D eigenvalue weighted by Gasteiger charge is -2.38. The van der Waals surface area contributed by atoms with Crippen molar-refractivity contribution in [3.63, 3.8) is 0 Å². The lowest BCUT2D eigenvalue weighted by Crippen LogP contribution is -2.45. The highest BCUT2D eigenvalue weighted by Gasteiger charge is 2.50. The molecule has 158 valence electrons. The molecule has 2 amide bonds. The van der Waals surface area contributed by atoms with Crippen molar-refractivity contribution >= 4 is 28.7 Å². The monoisotopic (exact) mass is 401 g/mol. The molecule has 0 aliphatic heterocycles. The number of aliphatic hydroxyl groups is 1. The number of fused-ring (bicyclic) bond motifs is 1. The van der Waals surface area contributed by atoms with E-state index in [1.807, 2.05) is 34.6 Å². The minimum absolute atomic E-state index is 0.0596. The molecule has 29 heavy (non-hydrogen) atoms. The number of hydrogen-bond donors (Lipinski definition) is 4. The summed E-state index contributed by atoms with van der Waals surface area (Å²) >= 11 is 0. The van der Waals surface area contributed by atoms with E-state index in [0.29, 0.717) is 29.7 Å². The van der Waals surface area contributed by atoms with Gasteiger partial charge in [0.1, 0.15) is 0 Å². The van der Waals surface area contributed by atoms with Gasteiger partial charge < -0.3 is 21.5 Å². The van der Waals surface area contributed by atoms with E-state index in [2.05, 4.69) is 15.7 Å². The average molecular weight is 402 g/mol. The lowest BCUT2D eigenvalue weighted by atomic mass is 9.76. The highest BCUT2D eigenvalue weighted by molar-refractivity contribution is 6.02. The fourth-order valence-corrected chi connectivity index (χ4v) is 3.96. The molecule has 0 spiro atoms. The van der Waals surface area contributed by atoms with Gasteiger partial charge in [-0.2, -0.15) is 5.10 Å². The number of nitrogens with two attached hydrogens (primary N) is 1. The van der Waals surface area contributed by atoms with Gasteiger partial charge in [-0.3, -0.25) is 9.59 Å². The summed E-state index contributed by atoms with van der Waals surface area (Å²) in [5, 5.41) is 21.3. The quantitative estimate of drug-likeness (QED) is 0.593. The predicted molar refractivity (Wildman–Crippen MR) is 113 cm³/mol. The summed E-state index contributed by atoms with van der Waals surface area (Å²) in [5.74, 6) is -0.411. The van der Waals surface area contributed by atoms with E-state index in [0.717, 1.165) is 6.42 Å². The van der Waals surface area contributed by atoms with Crippen LogP contribution in [0.15, 0.2) is 18.5 Å². The standard InChI is InChI=1S/C21H31N5O3/c1-12(2)8-17(27)24-13-9-15-18(14(19(22)28)10-23-26(15)11-13)25-16-6-7-21(5,29)20(16,3)4/h9-12,16,25,29H,6-8H2,1-5H3,(H2,22,28)(H,24,27)/t16-,21-/m1/s1. The van der Waals surface area contributed by atoms with Gasteiger partial charge in [-0.05, 0) is 31.7 Å². The Morgan fingerprint density at radius 3 is 2.62 bits per heavy atom. The number of carbonyl (C=O) groups excluding carboxylic acids is 2. The van der Waals surface area contributed by atoms with Crippen LogP contribution >= 0.6 is 0 Å². The first-order valence-corrected chi connectivity index (χ1v) is 10.0. The minimum Gasteiger partial charge on any atom is -0.390 e. The number of nitrogens with one attached hydrogen (secondary N) is 2. The van der Waals surface area contributed by atoms with Crippen LogP contribution in [-0.2, 0) is 4.79 Å². The summed E-state index contributed by atoms with van der Waals surface area (Å²) in [6.07, 6.45) is 4.97. The smallest absolute Gasteiger partial charge is 0.252 e. The fourth-order valence-electron chi connectivity index (χ4n) is 3.96. The van der Waals surface area contributed by atoms with E-state index in [4.69, 9.17) is 5.73 Å². The highest BCUT2D eigenvalue weighted by atomic mass is 16.3. The van der Waals surface area contributed by atoms with Crippen molar-refractivity contribution in [3.8, 4) is 0 Å². The van der Waals surface area contributed by atoms with Gasteiger partial charge in [0, 0.05) is 17.9 Å². The average Bonchev–Trinajstić information content (AvgIpc) is 3.07. The molecule has 0 unspecified atom stereocenters. The van der Waals surface area contributed by atoms with E-state index >= 15 is 0 Å². The summed E-state index contributed by atoms with van der Waals surface area (Å²) in [5.41, 5.74) is 6.44. The number of hydrogen-bond acceptors (Lipinski definition) is 5. The number of nitrogens with zero attached hydrogens (tertiary/aromatic N) is 2. The third-order valence-electron chi connectivity index (χ3n) is 6.28. The molecular formula is C21H31N5O3. The first kappa shape index (κ1) is 21.1. The molecule has 0 saturated heterocycles. The second-order valence-corrected chi connectivity index (χ2v) is 9.23. The molecule has 2 aromatic heterocycles. The van der Waals surface area contributed by atoms with Crippen LogP contribution in [0.1, 0.15) is 64.2 Å². The van der Waals surface area contributed by atoms with Crippen molar-refractivity contribution in [3.05, 3.63) is 24.0 Å². The Morgan fingerprint density at radius 2 is 2.07 bits per heavy atom. The van der Waals surface area contributed by atoms with Gasteiger partial charge in [-0.15, -0.1) is 0 Å². The zero-order valence-electron chi connectivity index (χ0n) is 17.7. The maximum absolute atomic E-state index is 12.1. The Bertz CT molecular complexity index is 945. The van der Waals surface area contributed by atoms with Crippen molar-refractivity contribution in [2.75, 3.05) is 10.6 Å². The van der Waals surface area contributed by atoms with E-state index in [9.17, 15) is 14.7 Å². The van der Waals surface area contributed by atoms with Crippen LogP contribution in [-0.4, -0.2) is 38.2 Å². The lowest BCUT2D eigenvalue weighted by molar-refractivity contribution is -0.116. The summed E-state index contributed by atoms with van der Waals surface area (Å²) in [7, 11) is 0. The summed E-state index contributed by atoms with van der Waals surface area (Å²) < 4.78 is 1.61. The first-order valence-electron chi connectivity index (χ1n) is 10.0. The number of rotatable bonds is 6. The Labute approximate surface area is 170 Å². The second kappa shape index (κ2) is 7.33. The molecule has 0 bridgehead atoms. The Hall–Kier alpha value is -2.61. The number of amides is 2. The summed E-state index contributed by atoms with van der Waals surface area (Å²) in [6, 6.07) is 1.72. The zero-order valence-corrected chi connectivity index (χ0v) is 17.7. The molecule has 1 aliphatic carbocycles. The maximum atomic E-state index is 12.1. The first-order chi connectivity index (χ1) is 13.4. The van der Waals surface area contributed by atoms with Crippen molar-refractivity contribution in [1.29, 1.82) is 0 Å². The molecule has 2 atom stereocenters. The SMILES string of the molecule is CC(C)CC(=O)Nc1cc2c(N[C@@H]3CC[C@@](C)(O)C3(C)C)c(C(N)=O)cnn2c1. The van der Waals surface area contributed by atoms with Gasteiger partial charge >= 0.3 is 0 Å². The van der Waals surface area contributed by atoms with Gasteiger partial charge in [-0.25, -0.2) is 4.52 Å². The van der Waals surface area contributed by atoms with Crippen LogP contribution < -0.4 is 16.4 Å². The van der Waals surface area contributed by atoms with Crippen LogP contribution in [0.4, 0.5) is 11.4 Å². The molecule has 8 heteroatoms. The Morgan fingerprint density at radius 1 is 1.38 bits per heavy atom. The van der Waals surface area contributed by atoms with Crippen molar-refractivity contribution < 1.29 is 14.7 Å². The number of carbonyl (C=O) groups is 2. The summed E-state index contributed by atoms with van der Waals surface area (Å²) in [6.45, 7) is 9.82. The third kappa shape index (κ3) is 3.94. The van der Waals surface area contributed by atoms with Crippen molar-refractivity contribution in [2.45, 2.75) is 65.5 Å². The molecule has 3 rings (SSSR count). The molecule has 0 aromatic carbocycles. The molecule has 2 aromatic rings. The van der Waals surface area contributed by atoms with Gasteiger partial charge in [0.15, 0.2) is 0 Å². The highest BCUT2D eigenvalue weighted by Crippen LogP contribution is 2.47. The van der Waals surface area contributed by atoms with E-state index in [1.165, 1.54) is 6.20 Å². The van der Waals surface area contributed by atoms with Crippen LogP contribution in [0, 0.1) is 11.3 Å². The Kier molecular flexibility index (Phi) is 5.34. The second-order valence-electron chi connectivity index (χ2n) is 9.23. The normalized spacial score (nSPS) is 23.5. The summed E-state index contributed by atoms with van der Waals surface area (Å²) in [4.78, 5) is 24.2. The Balaban J connectivity index is 1.99. The third-order valence-corrected chi connectivity index (χ3v) is 6.28. The number of aromatic nitrogens is 2. The number of anilines is 2. The van der Waals surface area contributed by atoms with Gasteiger partial charge in [0.25, 0.3) is 5.91 Å². The van der Waals surface area contributed by atoms with Crippen molar-refractivity contribution in [1.82, 2.24) is 9.61 Å². The molecule has 1 aliphatic rings. The van der Waals surface area contributed by atoms with E-state index in [-0.39, 0.29) is 23.4 Å². The van der Waals surface area contributed by atoms with Crippen molar-refractivity contribution in [2.24, 2.45) is 17.1 Å². The van der Waals surface area contributed by atoms with Crippen LogP contribution in [0.3, 0.4) is 0 Å². The molecule has 0 radical (unpaired) electrons. The van der Waals surface area contributed by atoms with Gasteiger partial charge in [0.05, 0.1) is 40.4 Å². The van der Waals surface area contributed by atoms with Gasteiger partial charge in [0.2, 0.25) is 5.91 Å².